The smallest absolute Gasteiger partial charge is 0.267 e. The van der Waals surface area contributed by atoms with Gasteiger partial charge in [0.1, 0.15) is 17.6 Å². The molecule has 0 fully saturated rings. The number of aromatic nitrogens is 2. The fourth-order valence-corrected chi connectivity index (χ4v) is 1.78. The van der Waals surface area contributed by atoms with Crippen LogP contribution in [0.1, 0.15) is 35.8 Å². The van der Waals surface area contributed by atoms with E-state index in [0.29, 0.717) is 25.4 Å². The van der Waals surface area contributed by atoms with Gasteiger partial charge in [-0.15, -0.1) is 0 Å². The normalized spacial score (nSPS) is 19.2. The van der Waals surface area contributed by atoms with Gasteiger partial charge in [0.05, 0.1) is 13.2 Å². The van der Waals surface area contributed by atoms with Gasteiger partial charge in [0.2, 0.25) is 0 Å². The summed E-state index contributed by atoms with van der Waals surface area (Å²) < 4.78 is 7.00. The first-order valence-electron chi connectivity index (χ1n) is 5.16. The minimum Gasteiger partial charge on any atom is -0.368 e. The number of ether oxygens (including phenoxy) is 1. The first kappa shape index (κ1) is 10.8. The average Bonchev–Trinajstić information content (AvgIpc) is 2.28. The third kappa shape index (κ3) is 1.71. The van der Waals surface area contributed by atoms with Crippen molar-refractivity contribution < 1.29 is 9.53 Å². The minimum atomic E-state index is -0.694. The van der Waals surface area contributed by atoms with Gasteiger partial charge in [-0.2, -0.15) is 0 Å². The molecule has 0 saturated carbocycles. The second kappa shape index (κ2) is 4.05. The molecule has 0 saturated heterocycles. The van der Waals surface area contributed by atoms with Gasteiger partial charge < -0.3 is 10.5 Å². The van der Waals surface area contributed by atoms with Gasteiger partial charge in [0, 0.05) is 6.07 Å². The lowest BCUT2D eigenvalue weighted by molar-refractivity contribution is 0.0118. The van der Waals surface area contributed by atoms with Crippen LogP contribution in [-0.2, 0) is 11.3 Å². The fourth-order valence-electron chi connectivity index (χ4n) is 1.78. The number of carbonyl (C=O) groups is 1. The van der Waals surface area contributed by atoms with Crippen LogP contribution >= 0.6 is 0 Å². The number of amides is 1. The molecule has 1 atom stereocenters. The van der Waals surface area contributed by atoms with Crippen LogP contribution in [0.2, 0.25) is 0 Å². The molecule has 0 radical (unpaired) electrons. The molecule has 1 aliphatic heterocycles. The molecule has 1 unspecified atom stereocenters. The molecule has 1 aromatic rings. The molecule has 0 aliphatic carbocycles. The molecule has 16 heavy (non-hydrogen) atoms. The lowest BCUT2D eigenvalue weighted by Gasteiger charge is -2.25. The third-order valence-electron chi connectivity index (χ3n) is 2.58. The Bertz CT molecular complexity index is 481. The summed E-state index contributed by atoms with van der Waals surface area (Å²) in [5.41, 5.74) is 4.86. The van der Waals surface area contributed by atoms with Gasteiger partial charge >= 0.3 is 0 Å². The van der Waals surface area contributed by atoms with Crippen molar-refractivity contribution in [3.8, 4) is 0 Å². The molecule has 2 rings (SSSR count). The molecular formula is C10H13N3O3. The van der Waals surface area contributed by atoms with E-state index in [1.807, 2.05) is 6.92 Å². The third-order valence-corrected chi connectivity index (χ3v) is 2.58. The lowest BCUT2D eigenvalue weighted by atomic mass is 10.2. The van der Waals surface area contributed by atoms with E-state index in [9.17, 15) is 9.59 Å². The van der Waals surface area contributed by atoms with Crippen molar-refractivity contribution in [1.82, 2.24) is 9.55 Å². The zero-order chi connectivity index (χ0) is 11.7. The van der Waals surface area contributed by atoms with Crippen molar-refractivity contribution in [3.63, 3.8) is 0 Å². The van der Waals surface area contributed by atoms with Crippen molar-refractivity contribution in [2.75, 3.05) is 6.61 Å². The van der Waals surface area contributed by atoms with Crippen LogP contribution in [-0.4, -0.2) is 22.1 Å². The highest BCUT2D eigenvalue weighted by molar-refractivity contribution is 5.90. The van der Waals surface area contributed by atoms with E-state index in [1.165, 1.54) is 10.6 Å². The Kier molecular flexibility index (Phi) is 2.74. The van der Waals surface area contributed by atoms with E-state index in [0.717, 1.165) is 0 Å². The Balaban J connectivity index is 2.58. The molecule has 6 nitrogen and oxygen atoms in total. The van der Waals surface area contributed by atoms with E-state index >= 15 is 0 Å². The summed E-state index contributed by atoms with van der Waals surface area (Å²) in [7, 11) is 0. The number of rotatable bonds is 2. The van der Waals surface area contributed by atoms with Crippen molar-refractivity contribution in [2.24, 2.45) is 5.73 Å². The Morgan fingerprint density at radius 2 is 2.50 bits per heavy atom. The van der Waals surface area contributed by atoms with Gasteiger partial charge in [-0.25, -0.2) is 4.98 Å². The summed E-state index contributed by atoms with van der Waals surface area (Å²) in [5, 5.41) is 0. The van der Waals surface area contributed by atoms with Crippen molar-refractivity contribution >= 4 is 5.91 Å². The number of fused-ring (bicyclic) bond motifs is 1. The topological polar surface area (TPSA) is 87.2 Å². The maximum atomic E-state index is 11.7. The van der Waals surface area contributed by atoms with E-state index in [1.54, 1.807) is 0 Å². The molecule has 2 heterocycles. The van der Waals surface area contributed by atoms with Gasteiger partial charge in [0.25, 0.3) is 11.5 Å². The molecular weight excluding hydrogens is 210 g/mol. The molecule has 86 valence electrons. The zero-order valence-corrected chi connectivity index (χ0v) is 8.97. The molecule has 1 aliphatic rings. The molecule has 2 N–H and O–H groups in total. The van der Waals surface area contributed by atoms with E-state index in [4.69, 9.17) is 10.5 Å². The maximum absolute atomic E-state index is 11.7. The summed E-state index contributed by atoms with van der Waals surface area (Å²) in [4.78, 5) is 26.8. The quantitative estimate of drug-likeness (QED) is 0.753. The van der Waals surface area contributed by atoms with Crippen molar-refractivity contribution in [1.29, 1.82) is 0 Å². The maximum Gasteiger partial charge on any atom is 0.267 e. The predicted molar refractivity (Wildman–Crippen MR) is 56.0 cm³/mol. The highest BCUT2D eigenvalue weighted by Crippen LogP contribution is 2.21. The predicted octanol–water partition coefficient (Wildman–Crippen LogP) is -0.177. The monoisotopic (exact) mass is 223 g/mol. The van der Waals surface area contributed by atoms with Crippen LogP contribution in [0.4, 0.5) is 0 Å². The minimum absolute atomic E-state index is 0.000185. The van der Waals surface area contributed by atoms with E-state index < -0.39 is 5.91 Å². The Morgan fingerprint density at radius 3 is 3.12 bits per heavy atom. The van der Waals surface area contributed by atoms with Crippen LogP contribution < -0.4 is 11.3 Å². The number of nitrogens with two attached hydrogens (primary N) is 1. The largest absolute Gasteiger partial charge is 0.368 e. The molecule has 6 heteroatoms. The number of nitrogens with zero attached hydrogens (tertiary/aromatic N) is 2. The molecule has 1 amide bonds. The van der Waals surface area contributed by atoms with Crippen LogP contribution in [0.25, 0.3) is 0 Å². The number of carbonyl (C=O) groups excluding carboxylic acids is 1. The van der Waals surface area contributed by atoms with Crippen LogP contribution in [0.15, 0.2) is 10.9 Å². The SMILES string of the molecule is CCC1OCCn2c1nc(C(N)=O)cc2=O. The van der Waals surface area contributed by atoms with Crippen LogP contribution in [0.5, 0.6) is 0 Å². The van der Waals surface area contributed by atoms with E-state index in [-0.39, 0.29) is 17.4 Å². The first-order valence-corrected chi connectivity index (χ1v) is 5.16. The highest BCUT2D eigenvalue weighted by Gasteiger charge is 2.23. The molecule has 0 spiro atoms. The molecule has 0 bridgehead atoms. The summed E-state index contributed by atoms with van der Waals surface area (Å²) in [6, 6.07) is 1.17. The van der Waals surface area contributed by atoms with Crippen molar-refractivity contribution in [2.45, 2.75) is 26.0 Å². The summed E-state index contributed by atoms with van der Waals surface area (Å²) >= 11 is 0. The van der Waals surface area contributed by atoms with Crippen molar-refractivity contribution in [3.05, 3.63) is 27.9 Å². The summed E-state index contributed by atoms with van der Waals surface area (Å²) in [5.74, 6) is -0.198. The van der Waals surface area contributed by atoms with Gasteiger partial charge in [-0.3, -0.25) is 14.2 Å². The lowest BCUT2D eigenvalue weighted by Crippen LogP contribution is -2.35. The molecule has 1 aromatic heterocycles. The average molecular weight is 223 g/mol. The number of hydrogen-bond donors (Lipinski definition) is 1. The Morgan fingerprint density at radius 1 is 1.75 bits per heavy atom. The second-order valence-electron chi connectivity index (χ2n) is 3.62. The van der Waals surface area contributed by atoms with Crippen LogP contribution in [0.3, 0.4) is 0 Å². The highest BCUT2D eigenvalue weighted by atomic mass is 16.5. The first-order chi connectivity index (χ1) is 7.63. The summed E-state index contributed by atoms with van der Waals surface area (Å²) in [6.07, 6.45) is 0.468. The van der Waals surface area contributed by atoms with Gasteiger partial charge in [-0.1, -0.05) is 6.92 Å². The second-order valence-corrected chi connectivity index (χ2v) is 3.62. The van der Waals surface area contributed by atoms with Gasteiger partial charge in [-0.05, 0) is 6.42 Å². The molecule has 0 aromatic carbocycles. The standard InChI is InChI=1S/C10H13N3O3/c1-2-7-10-12-6(9(11)15)5-8(14)13(10)3-4-16-7/h5,7H,2-4H2,1H3,(H2,11,15). The summed E-state index contributed by atoms with van der Waals surface area (Å²) in [6.45, 7) is 2.89. The Hall–Kier alpha value is -1.69. The number of primary amides is 1. The van der Waals surface area contributed by atoms with E-state index in [2.05, 4.69) is 4.98 Å². The zero-order valence-electron chi connectivity index (χ0n) is 8.97. The number of hydrogen-bond acceptors (Lipinski definition) is 4. The Labute approximate surface area is 92.0 Å². The van der Waals surface area contributed by atoms with Gasteiger partial charge in [0.15, 0.2) is 0 Å². The van der Waals surface area contributed by atoms with Crippen LogP contribution in [0, 0.1) is 0 Å². The fraction of sp³-hybridized carbons (Fsp3) is 0.500.